The molecule has 0 radical (unpaired) electrons. The van der Waals surface area contributed by atoms with Crippen LogP contribution in [0, 0.1) is 26.7 Å². The lowest BCUT2D eigenvalue weighted by atomic mass is 9.96. The number of nitrogens with zero attached hydrogens (tertiary/aromatic N) is 2. The minimum absolute atomic E-state index is 0.0690. The van der Waals surface area contributed by atoms with Crippen molar-refractivity contribution >= 4 is 38.3 Å². The Kier molecular flexibility index (Phi) is 4.87. The molecule has 1 N–H and O–H groups in total. The molecule has 0 unspecified atom stereocenters. The number of hydrogen-bond donors (Lipinski definition) is 1. The third-order valence-corrected chi connectivity index (χ3v) is 6.52. The van der Waals surface area contributed by atoms with Crippen molar-refractivity contribution in [2.75, 3.05) is 23.3 Å². The second-order valence-electron chi connectivity index (χ2n) is 7.52. The molecule has 1 fully saturated rings. The molecule has 1 aliphatic heterocycles. The molecule has 1 amide bonds. The summed E-state index contributed by atoms with van der Waals surface area (Å²) in [7, 11) is 0. The predicted octanol–water partition coefficient (Wildman–Crippen LogP) is 5.08. The fraction of sp³-hybridized carbons (Fsp3) is 0.364. The van der Waals surface area contributed by atoms with Gasteiger partial charge < -0.3 is 10.2 Å². The number of carbonyl (C=O) groups excluding carboxylic acids is 1. The van der Waals surface area contributed by atoms with Gasteiger partial charge in [0.15, 0.2) is 5.13 Å². The fourth-order valence-electron chi connectivity index (χ4n) is 3.55. The van der Waals surface area contributed by atoms with E-state index in [1.165, 1.54) is 21.4 Å². The van der Waals surface area contributed by atoms with E-state index in [1.54, 1.807) is 11.3 Å². The Labute approximate surface area is 164 Å². The molecule has 5 heteroatoms. The van der Waals surface area contributed by atoms with Crippen molar-refractivity contribution in [3.05, 3.63) is 53.1 Å². The van der Waals surface area contributed by atoms with Gasteiger partial charge in [0.1, 0.15) is 0 Å². The molecular weight excluding hydrogens is 354 g/mol. The molecule has 0 atom stereocenters. The summed E-state index contributed by atoms with van der Waals surface area (Å²) in [5, 5.41) is 4.16. The zero-order chi connectivity index (χ0) is 19.0. The van der Waals surface area contributed by atoms with E-state index in [0.717, 1.165) is 42.3 Å². The third kappa shape index (κ3) is 3.83. The summed E-state index contributed by atoms with van der Waals surface area (Å²) in [6.07, 6.45) is 1.73. The number of rotatable bonds is 3. The Morgan fingerprint density at radius 1 is 1.07 bits per heavy atom. The number of thiazole rings is 1. The smallest absolute Gasteiger partial charge is 0.227 e. The van der Waals surface area contributed by atoms with E-state index >= 15 is 0 Å². The first-order valence-electron chi connectivity index (χ1n) is 9.50. The topological polar surface area (TPSA) is 45.2 Å². The summed E-state index contributed by atoms with van der Waals surface area (Å²) in [6.45, 7) is 8.02. The molecular formula is C22H25N3OS. The first-order valence-corrected chi connectivity index (χ1v) is 10.3. The number of nitrogens with one attached hydrogen (secondary N) is 1. The Morgan fingerprint density at radius 3 is 2.59 bits per heavy atom. The summed E-state index contributed by atoms with van der Waals surface area (Å²) in [5.41, 5.74) is 5.67. The molecule has 27 heavy (non-hydrogen) atoms. The lowest BCUT2D eigenvalue weighted by Gasteiger charge is -2.31. The van der Waals surface area contributed by atoms with Crippen LogP contribution in [0.4, 0.5) is 10.8 Å². The summed E-state index contributed by atoms with van der Waals surface area (Å²) < 4.78 is 1.24. The highest BCUT2D eigenvalue weighted by atomic mass is 32.1. The van der Waals surface area contributed by atoms with E-state index in [4.69, 9.17) is 4.98 Å². The number of hydrogen-bond acceptors (Lipinski definition) is 4. The standard InChI is InChI=1S/C22H25N3OS/c1-14-4-7-19-20(12-14)27-22(24-19)25-10-8-17(9-11-25)21(26)23-18-6-5-15(2)16(3)13-18/h4-7,12-13,17H,8-11H2,1-3H3,(H,23,26). The summed E-state index contributed by atoms with van der Waals surface area (Å²) in [6, 6.07) is 12.5. The van der Waals surface area contributed by atoms with Crippen LogP contribution in [0.5, 0.6) is 0 Å². The van der Waals surface area contributed by atoms with Gasteiger partial charge in [0.2, 0.25) is 5.91 Å². The summed E-state index contributed by atoms with van der Waals surface area (Å²) in [4.78, 5) is 19.7. The number of amides is 1. The molecule has 2 heterocycles. The van der Waals surface area contributed by atoms with Gasteiger partial charge in [0, 0.05) is 24.7 Å². The molecule has 2 aromatic carbocycles. The third-order valence-electron chi connectivity index (χ3n) is 5.44. The lowest BCUT2D eigenvalue weighted by Crippen LogP contribution is -2.38. The van der Waals surface area contributed by atoms with Crippen LogP contribution < -0.4 is 10.2 Å². The number of piperidine rings is 1. The van der Waals surface area contributed by atoms with Gasteiger partial charge in [-0.3, -0.25) is 4.79 Å². The summed E-state index contributed by atoms with van der Waals surface area (Å²) in [5.74, 6) is 0.206. The molecule has 0 bridgehead atoms. The Hall–Kier alpha value is -2.40. The first kappa shape index (κ1) is 18.0. The summed E-state index contributed by atoms with van der Waals surface area (Å²) >= 11 is 1.75. The van der Waals surface area contributed by atoms with E-state index in [1.807, 2.05) is 12.1 Å². The maximum absolute atomic E-state index is 12.6. The largest absolute Gasteiger partial charge is 0.348 e. The molecule has 0 aliphatic carbocycles. The highest BCUT2D eigenvalue weighted by Gasteiger charge is 2.26. The fourth-order valence-corrected chi connectivity index (χ4v) is 4.67. The van der Waals surface area contributed by atoms with Crippen molar-refractivity contribution in [2.24, 2.45) is 5.92 Å². The van der Waals surface area contributed by atoms with Gasteiger partial charge in [-0.05, 0) is 74.6 Å². The van der Waals surface area contributed by atoms with Crippen LogP contribution in [0.15, 0.2) is 36.4 Å². The molecule has 1 aliphatic rings. The number of aryl methyl sites for hydroxylation is 3. The average molecular weight is 380 g/mol. The highest BCUT2D eigenvalue weighted by Crippen LogP contribution is 2.32. The van der Waals surface area contributed by atoms with Crippen LogP contribution in [0.1, 0.15) is 29.5 Å². The lowest BCUT2D eigenvalue weighted by molar-refractivity contribution is -0.120. The van der Waals surface area contributed by atoms with Crippen molar-refractivity contribution in [3.63, 3.8) is 0 Å². The van der Waals surface area contributed by atoms with Crippen LogP contribution in [-0.4, -0.2) is 24.0 Å². The Balaban J connectivity index is 1.38. The molecule has 0 spiro atoms. The van der Waals surface area contributed by atoms with Crippen molar-refractivity contribution in [1.29, 1.82) is 0 Å². The van der Waals surface area contributed by atoms with Crippen molar-refractivity contribution in [2.45, 2.75) is 33.6 Å². The minimum Gasteiger partial charge on any atom is -0.348 e. The molecule has 140 valence electrons. The van der Waals surface area contributed by atoms with Gasteiger partial charge in [-0.2, -0.15) is 0 Å². The molecule has 4 nitrogen and oxygen atoms in total. The monoisotopic (exact) mass is 379 g/mol. The van der Waals surface area contributed by atoms with Gasteiger partial charge in [-0.15, -0.1) is 0 Å². The van der Waals surface area contributed by atoms with Crippen LogP contribution in [0.2, 0.25) is 0 Å². The quantitative estimate of drug-likeness (QED) is 0.690. The number of benzene rings is 2. The van der Waals surface area contributed by atoms with Crippen LogP contribution in [0.3, 0.4) is 0 Å². The minimum atomic E-state index is 0.0690. The normalized spacial score (nSPS) is 15.3. The molecule has 4 rings (SSSR count). The molecule has 1 saturated heterocycles. The van der Waals surface area contributed by atoms with Crippen molar-refractivity contribution in [1.82, 2.24) is 4.98 Å². The van der Waals surface area contributed by atoms with Gasteiger partial charge >= 0.3 is 0 Å². The van der Waals surface area contributed by atoms with E-state index in [0.29, 0.717) is 0 Å². The van der Waals surface area contributed by atoms with Gasteiger partial charge in [0.25, 0.3) is 0 Å². The maximum Gasteiger partial charge on any atom is 0.227 e. The van der Waals surface area contributed by atoms with Crippen molar-refractivity contribution in [3.8, 4) is 0 Å². The highest BCUT2D eigenvalue weighted by molar-refractivity contribution is 7.22. The number of carbonyl (C=O) groups is 1. The Bertz CT molecular complexity index is 986. The zero-order valence-corrected chi connectivity index (χ0v) is 16.9. The average Bonchev–Trinajstić information content (AvgIpc) is 3.08. The van der Waals surface area contributed by atoms with Gasteiger partial charge in [0.05, 0.1) is 10.2 Å². The molecule has 0 saturated carbocycles. The van der Waals surface area contributed by atoms with E-state index < -0.39 is 0 Å². The van der Waals surface area contributed by atoms with Crippen LogP contribution in [-0.2, 0) is 4.79 Å². The van der Waals surface area contributed by atoms with E-state index in [9.17, 15) is 4.79 Å². The molecule has 1 aromatic heterocycles. The molecule has 3 aromatic rings. The maximum atomic E-state index is 12.6. The van der Waals surface area contributed by atoms with Crippen molar-refractivity contribution < 1.29 is 4.79 Å². The van der Waals surface area contributed by atoms with Gasteiger partial charge in [-0.25, -0.2) is 4.98 Å². The second-order valence-corrected chi connectivity index (χ2v) is 8.53. The zero-order valence-electron chi connectivity index (χ0n) is 16.1. The Morgan fingerprint density at radius 2 is 1.85 bits per heavy atom. The first-order chi connectivity index (χ1) is 13.0. The van der Waals surface area contributed by atoms with E-state index in [-0.39, 0.29) is 11.8 Å². The second kappa shape index (κ2) is 7.31. The van der Waals surface area contributed by atoms with E-state index in [2.05, 4.69) is 55.3 Å². The van der Waals surface area contributed by atoms with Crippen LogP contribution in [0.25, 0.3) is 10.2 Å². The SMILES string of the molecule is Cc1ccc2nc(N3CCC(C(=O)Nc4ccc(C)c(C)c4)CC3)sc2c1. The van der Waals surface area contributed by atoms with Gasteiger partial charge in [-0.1, -0.05) is 23.5 Å². The number of aromatic nitrogens is 1. The number of anilines is 2. The number of fused-ring (bicyclic) bond motifs is 1. The predicted molar refractivity (Wildman–Crippen MR) is 114 cm³/mol. The van der Waals surface area contributed by atoms with Crippen LogP contribution >= 0.6 is 11.3 Å².